The van der Waals surface area contributed by atoms with Gasteiger partial charge in [0.15, 0.2) is 6.29 Å². The molecule has 1 heterocycles. The van der Waals surface area contributed by atoms with Gasteiger partial charge < -0.3 is 36.0 Å². The first kappa shape index (κ1) is 12.8. The van der Waals surface area contributed by atoms with E-state index in [4.69, 9.17) is 15.6 Å². The zero-order valence-corrected chi connectivity index (χ0v) is 8.26. The molecule has 0 unspecified atom stereocenters. The SMILES string of the molecule is C[C@@H](O)[C@@H](N)[C@H]1O[C@H](O)[C@H](O)[C@@H](O)[C@H]1O. The highest BCUT2D eigenvalue weighted by Gasteiger charge is 2.46. The van der Waals surface area contributed by atoms with Crippen LogP contribution in [0.15, 0.2) is 0 Å². The molecule has 0 saturated carbocycles. The van der Waals surface area contributed by atoms with Crippen molar-refractivity contribution < 1.29 is 30.3 Å². The lowest BCUT2D eigenvalue weighted by molar-refractivity contribution is -0.288. The van der Waals surface area contributed by atoms with Crippen LogP contribution in [0, 0.1) is 0 Å². The summed E-state index contributed by atoms with van der Waals surface area (Å²) in [5, 5.41) is 46.4. The number of hydrogen-bond acceptors (Lipinski definition) is 7. The Balaban J connectivity index is 2.74. The Labute approximate surface area is 86.7 Å². The zero-order valence-electron chi connectivity index (χ0n) is 8.26. The average Bonchev–Trinajstić information content (AvgIpc) is 2.19. The van der Waals surface area contributed by atoms with Gasteiger partial charge in [0.05, 0.1) is 12.1 Å². The largest absolute Gasteiger partial charge is 0.392 e. The van der Waals surface area contributed by atoms with E-state index in [1.807, 2.05) is 0 Å². The van der Waals surface area contributed by atoms with Crippen LogP contribution >= 0.6 is 0 Å². The van der Waals surface area contributed by atoms with Crippen molar-refractivity contribution in [3.8, 4) is 0 Å². The number of nitrogens with two attached hydrogens (primary N) is 1. The molecule has 0 aromatic heterocycles. The molecule has 7 heteroatoms. The Morgan fingerprint density at radius 3 is 2.07 bits per heavy atom. The van der Waals surface area contributed by atoms with Gasteiger partial charge in [0.1, 0.15) is 24.4 Å². The fraction of sp³-hybridized carbons (Fsp3) is 1.00. The van der Waals surface area contributed by atoms with Gasteiger partial charge in [0, 0.05) is 0 Å². The van der Waals surface area contributed by atoms with Crippen molar-refractivity contribution in [2.45, 2.75) is 49.8 Å². The highest BCUT2D eigenvalue weighted by molar-refractivity contribution is 4.94. The molecule has 1 aliphatic heterocycles. The Kier molecular flexibility index (Phi) is 4.01. The minimum absolute atomic E-state index is 0.961. The van der Waals surface area contributed by atoms with Crippen molar-refractivity contribution in [1.29, 1.82) is 0 Å². The number of ether oxygens (including phenoxy) is 1. The van der Waals surface area contributed by atoms with Crippen LogP contribution in [0.4, 0.5) is 0 Å². The van der Waals surface area contributed by atoms with E-state index in [2.05, 4.69) is 0 Å². The van der Waals surface area contributed by atoms with E-state index in [0.29, 0.717) is 0 Å². The topological polar surface area (TPSA) is 136 Å². The summed E-state index contributed by atoms with van der Waals surface area (Å²) in [7, 11) is 0. The first-order valence-electron chi connectivity index (χ1n) is 4.67. The molecule has 0 aromatic rings. The van der Waals surface area contributed by atoms with E-state index in [1.165, 1.54) is 6.92 Å². The molecule has 0 bridgehead atoms. The fourth-order valence-corrected chi connectivity index (χ4v) is 1.48. The molecule has 0 aromatic carbocycles. The molecule has 0 amide bonds. The summed E-state index contributed by atoms with van der Waals surface area (Å²) in [6.45, 7) is 1.39. The van der Waals surface area contributed by atoms with E-state index in [-0.39, 0.29) is 0 Å². The van der Waals surface area contributed by atoms with Crippen LogP contribution in [0.1, 0.15) is 6.92 Å². The molecule has 1 saturated heterocycles. The predicted octanol–water partition coefficient (Wildman–Crippen LogP) is -3.51. The lowest BCUT2D eigenvalue weighted by Gasteiger charge is -2.41. The fourth-order valence-electron chi connectivity index (χ4n) is 1.48. The van der Waals surface area contributed by atoms with Gasteiger partial charge in [-0.25, -0.2) is 0 Å². The van der Waals surface area contributed by atoms with Crippen molar-refractivity contribution in [3.05, 3.63) is 0 Å². The van der Waals surface area contributed by atoms with Crippen molar-refractivity contribution in [1.82, 2.24) is 0 Å². The average molecular weight is 223 g/mol. The quantitative estimate of drug-likeness (QED) is 0.286. The molecule has 90 valence electrons. The Bertz CT molecular complexity index is 213. The van der Waals surface area contributed by atoms with Crippen LogP contribution in [-0.4, -0.2) is 68.4 Å². The third-order valence-electron chi connectivity index (χ3n) is 2.56. The smallest absolute Gasteiger partial charge is 0.184 e. The molecule has 7 N–H and O–H groups in total. The standard InChI is InChI=1S/C8H17NO6/c1-2(10)3(9)7-5(12)4(11)6(13)8(14)15-7/h2-8,10-14H,9H2,1H3/t2-,3-,4+,5-,6-,7-,8+/m1/s1. The molecular weight excluding hydrogens is 206 g/mol. The molecule has 15 heavy (non-hydrogen) atoms. The first-order valence-corrected chi connectivity index (χ1v) is 4.67. The summed E-state index contributed by atoms with van der Waals surface area (Å²) in [6.07, 6.45) is -8.31. The summed E-state index contributed by atoms with van der Waals surface area (Å²) in [5.41, 5.74) is 5.51. The second kappa shape index (κ2) is 4.71. The molecule has 1 fully saturated rings. The Hall–Kier alpha value is -0.280. The lowest BCUT2D eigenvalue weighted by atomic mass is 9.92. The minimum Gasteiger partial charge on any atom is -0.392 e. The van der Waals surface area contributed by atoms with Crippen LogP contribution < -0.4 is 5.73 Å². The van der Waals surface area contributed by atoms with E-state index in [0.717, 1.165) is 0 Å². The van der Waals surface area contributed by atoms with Crippen molar-refractivity contribution >= 4 is 0 Å². The molecule has 7 atom stereocenters. The molecule has 0 spiro atoms. The zero-order chi connectivity index (χ0) is 11.7. The number of rotatable bonds is 2. The van der Waals surface area contributed by atoms with Crippen LogP contribution in [0.3, 0.4) is 0 Å². The molecular formula is C8H17NO6. The Morgan fingerprint density at radius 1 is 1.07 bits per heavy atom. The monoisotopic (exact) mass is 223 g/mol. The third kappa shape index (κ3) is 2.45. The first-order chi connectivity index (χ1) is 6.86. The van der Waals surface area contributed by atoms with E-state index in [9.17, 15) is 20.4 Å². The van der Waals surface area contributed by atoms with Gasteiger partial charge in [-0.2, -0.15) is 0 Å². The summed E-state index contributed by atoms with van der Waals surface area (Å²) in [6, 6.07) is -0.961. The van der Waals surface area contributed by atoms with E-state index < -0.39 is 42.9 Å². The van der Waals surface area contributed by atoms with Crippen molar-refractivity contribution in [3.63, 3.8) is 0 Å². The number of aliphatic hydroxyl groups is 5. The van der Waals surface area contributed by atoms with Gasteiger partial charge in [0.2, 0.25) is 0 Å². The third-order valence-corrected chi connectivity index (χ3v) is 2.56. The van der Waals surface area contributed by atoms with Crippen molar-refractivity contribution in [2.75, 3.05) is 0 Å². The maximum absolute atomic E-state index is 9.51. The summed E-state index contributed by atoms with van der Waals surface area (Å²) >= 11 is 0. The Morgan fingerprint density at radius 2 is 1.60 bits per heavy atom. The van der Waals surface area contributed by atoms with E-state index >= 15 is 0 Å². The number of hydrogen-bond donors (Lipinski definition) is 6. The molecule has 0 radical (unpaired) electrons. The lowest BCUT2D eigenvalue weighted by Crippen LogP contribution is -2.63. The minimum atomic E-state index is -1.63. The van der Waals surface area contributed by atoms with Crippen LogP contribution in [0.5, 0.6) is 0 Å². The predicted molar refractivity (Wildman–Crippen MR) is 48.6 cm³/mol. The normalized spacial score (nSPS) is 46.2. The van der Waals surface area contributed by atoms with E-state index in [1.54, 1.807) is 0 Å². The second-order valence-electron chi connectivity index (χ2n) is 3.78. The van der Waals surface area contributed by atoms with Gasteiger partial charge in [0.25, 0.3) is 0 Å². The maximum Gasteiger partial charge on any atom is 0.184 e. The second-order valence-corrected chi connectivity index (χ2v) is 3.78. The highest BCUT2D eigenvalue weighted by atomic mass is 16.6. The summed E-state index contributed by atoms with van der Waals surface area (Å²) in [4.78, 5) is 0. The summed E-state index contributed by atoms with van der Waals surface area (Å²) < 4.78 is 4.81. The summed E-state index contributed by atoms with van der Waals surface area (Å²) in [5.74, 6) is 0. The van der Waals surface area contributed by atoms with Crippen LogP contribution in [0.25, 0.3) is 0 Å². The highest BCUT2D eigenvalue weighted by Crippen LogP contribution is 2.22. The number of aliphatic hydroxyl groups excluding tert-OH is 5. The molecule has 7 nitrogen and oxygen atoms in total. The maximum atomic E-state index is 9.51. The van der Waals surface area contributed by atoms with Crippen LogP contribution in [0.2, 0.25) is 0 Å². The molecule has 1 aliphatic rings. The van der Waals surface area contributed by atoms with Gasteiger partial charge >= 0.3 is 0 Å². The molecule has 1 rings (SSSR count). The van der Waals surface area contributed by atoms with Gasteiger partial charge in [-0.05, 0) is 6.92 Å². The van der Waals surface area contributed by atoms with Crippen LogP contribution in [-0.2, 0) is 4.74 Å². The van der Waals surface area contributed by atoms with Gasteiger partial charge in [-0.3, -0.25) is 0 Å². The van der Waals surface area contributed by atoms with Crippen molar-refractivity contribution in [2.24, 2.45) is 5.73 Å². The van der Waals surface area contributed by atoms with Gasteiger partial charge in [-0.15, -0.1) is 0 Å². The van der Waals surface area contributed by atoms with Gasteiger partial charge in [-0.1, -0.05) is 0 Å². The molecule has 0 aliphatic carbocycles.